The molecule has 0 amide bonds. The Balaban J connectivity index is 2.91. The number of rotatable bonds is 2. The van der Waals surface area contributed by atoms with Gasteiger partial charge in [-0.15, -0.1) is 0 Å². The number of pyridine rings is 1. The average Bonchev–Trinajstić information content (AvgIpc) is 2.05. The number of nitrogens with zero attached hydrogens (tertiary/aromatic N) is 1. The molecule has 0 saturated heterocycles. The van der Waals surface area contributed by atoms with Crippen LogP contribution in [0.1, 0.15) is 17.9 Å². The van der Waals surface area contributed by atoms with E-state index in [9.17, 15) is 0 Å². The minimum atomic E-state index is 0.157. The lowest BCUT2D eigenvalue weighted by atomic mass is 10.3. The zero-order valence-electron chi connectivity index (χ0n) is 6.61. The summed E-state index contributed by atoms with van der Waals surface area (Å²) in [4.78, 5) is 4.19. The molecule has 0 spiro atoms. The summed E-state index contributed by atoms with van der Waals surface area (Å²) in [6, 6.07) is 5.66. The number of ether oxygens (including phenoxy) is 1. The van der Waals surface area contributed by atoms with Gasteiger partial charge >= 0.3 is 0 Å². The van der Waals surface area contributed by atoms with E-state index in [0.29, 0.717) is 5.88 Å². The quantitative estimate of drug-likeness (QED) is 0.685. The zero-order chi connectivity index (χ0) is 8.27. The van der Waals surface area contributed by atoms with E-state index in [1.54, 1.807) is 7.11 Å². The summed E-state index contributed by atoms with van der Waals surface area (Å²) in [5, 5.41) is 0.157. The van der Waals surface area contributed by atoms with Crippen LogP contribution in [-0.4, -0.2) is 12.1 Å². The van der Waals surface area contributed by atoms with Crippen molar-refractivity contribution in [2.24, 2.45) is 0 Å². The van der Waals surface area contributed by atoms with Gasteiger partial charge in [0.25, 0.3) is 0 Å². The van der Waals surface area contributed by atoms with E-state index in [-0.39, 0.29) is 5.25 Å². The van der Waals surface area contributed by atoms with Gasteiger partial charge in [-0.05, 0) is 13.0 Å². The standard InChI is InChI=1S/C8H11NOS/c1-6(11)7-4-3-5-8(9-7)10-2/h3-6,11H,1-2H3. The first-order valence-electron chi connectivity index (χ1n) is 3.43. The molecule has 0 aliphatic rings. The van der Waals surface area contributed by atoms with Crippen molar-refractivity contribution >= 4 is 12.6 Å². The minimum Gasteiger partial charge on any atom is -0.481 e. The third-order valence-corrected chi connectivity index (χ3v) is 1.65. The van der Waals surface area contributed by atoms with E-state index in [1.807, 2.05) is 25.1 Å². The fourth-order valence-corrected chi connectivity index (χ4v) is 0.921. The summed E-state index contributed by atoms with van der Waals surface area (Å²) in [6.07, 6.45) is 0. The maximum Gasteiger partial charge on any atom is 0.213 e. The summed E-state index contributed by atoms with van der Waals surface area (Å²) in [5.41, 5.74) is 0.938. The van der Waals surface area contributed by atoms with Gasteiger partial charge in [-0.25, -0.2) is 4.98 Å². The summed E-state index contributed by atoms with van der Waals surface area (Å²) < 4.78 is 4.96. The fraction of sp³-hybridized carbons (Fsp3) is 0.375. The zero-order valence-corrected chi connectivity index (χ0v) is 7.51. The van der Waals surface area contributed by atoms with Gasteiger partial charge in [0.2, 0.25) is 5.88 Å². The van der Waals surface area contributed by atoms with Crippen molar-refractivity contribution in [3.05, 3.63) is 23.9 Å². The third kappa shape index (κ3) is 2.12. The molecular weight excluding hydrogens is 158 g/mol. The van der Waals surface area contributed by atoms with Crippen LogP contribution < -0.4 is 4.74 Å². The van der Waals surface area contributed by atoms with Gasteiger partial charge in [0, 0.05) is 11.3 Å². The molecule has 0 bridgehead atoms. The number of hydrogen-bond acceptors (Lipinski definition) is 3. The van der Waals surface area contributed by atoms with Gasteiger partial charge in [0.05, 0.1) is 12.8 Å². The van der Waals surface area contributed by atoms with Gasteiger partial charge < -0.3 is 4.74 Å². The molecule has 0 N–H and O–H groups in total. The molecule has 3 heteroatoms. The molecule has 1 aromatic rings. The van der Waals surface area contributed by atoms with E-state index >= 15 is 0 Å². The molecule has 0 radical (unpaired) electrons. The monoisotopic (exact) mass is 169 g/mol. The maximum absolute atomic E-state index is 4.96. The molecule has 0 saturated carbocycles. The Hall–Kier alpha value is -0.700. The number of hydrogen-bond donors (Lipinski definition) is 1. The van der Waals surface area contributed by atoms with Crippen molar-refractivity contribution in [2.75, 3.05) is 7.11 Å². The molecule has 11 heavy (non-hydrogen) atoms. The predicted molar refractivity (Wildman–Crippen MR) is 48.2 cm³/mol. The van der Waals surface area contributed by atoms with E-state index in [4.69, 9.17) is 4.74 Å². The SMILES string of the molecule is COc1cccc(C(C)S)n1. The van der Waals surface area contributed by atoms with E-state index in [1.165, 1.54) is 0 Å². The Kier molecular flexibility index (Phi) is 2.76. The molecule has 0 fully saturated rings. The van der Waals surface area contributed by atoms with Crippen LogP contribution in [-0.2, 0) is 0 Å². The molecule has 0 aromatic carbocycles. The lowest BCUT2D eigenvalue weighted by Gasteiger charge is -2.04. The van der Waals surface area contributed by atoms with E-state index < -0.39 is 0 Å². The lowest BCUT2D eigenvalue weighted by Crippen LogP contribution is -1.93. The van der Waals surface area contributed by atoms with E-state index in [0.717, 1.165) is 5.69 Å². The molecule has 1 aromatic heterocycles. The molecule has 1 atom stereocenters. The van der Waals surface area contributed by atoms with Gasteiger partial charge in [0.15, 0.2) is 0 Å². The molecule has 0 aliphatic carbocycles. The average molecular weight is 169 g/mol. The van der Waals surface area contributed by atoms with Crippen LogP contribution >= 0.6 is 12.6 Å². The second-order valence-electron chi connectivity index (χ2n) is 2.28. The first-order valence-corrected chi connectivity index (χ1v) is 3.94. The number of methoxy groups -OCH3 is 1. The molecule has 2 nitrogen and oxygen atoms in total. The topological polar surface area (TPSA) is 22.1 Å². The Morgan fingerprint density at radius 1 is 1.55 bits per heavy atom. The molecule has 1 rings (SSSR count). The van der Waals surface area contributed by atoms with Gasteiger partial charge in [-0.1, -0.05) is 6.07 Å². The highest BCUT2D eigenvalue weighted by molar-refractivity contribution is 7.80. The van der Waals surface area contributed by atoms with Crippen molar-refractivity contribution in [1.29, 1.82) is 0 Å². The highest BCUT2D eigenvalue weighted by Crippen LogP contribution is 2.18. The van der Waals surface area contributed by atoms with Crippen molar-refractivity contribution in [3.8, 4) is 5.88 Å². The molecule has 0 aliphatic heterocycles. The molecular formula is C8H11NOS. The largest absolute Gasteiger partial charge is 0.481 e. The Labute approximate surface area is 72.0 Å². The van der Waals surface area contributed by atoms with Crippen LogP contribution in [0, 0.1) is 0 Å². The van der Waals surface area contributed by atoms with Crippen molar-refractivity contribution in [3.63, 3.8) is 0 Å². The Bertz CT molecular complexity index is 237. The normalized spacial score (nSPS) is 12.6. The van der Waals surface area contributed by atoms with Gasteiger partial charge in [0.1, 0.15) is 0 Å². The summed E-state index contributed by atoms with van der Waals surface area (Å²) in [5.74, 6) is 0.642. The van der Waals surface area contributed by atoms with Crippen LogP contribution in [0.3, 0.4) is 0 Å². The highest BCUT2D eigenvalue weighted by Gasteiger charge is 2.01. The van der Waals surface area contributed by atoms with Crippen molar-refractivity contribution in [2.45, 2.75) is 12.2 Å². The number of aromatic nitrogens is 1. The van der Waals surface area contributed by atoms with Crippen LogP contribution in [0.2, 0.25) is 0 Å². The lowest BCUT2D eigenvalue weighted by molar-refractivity contribution is 0.396. The summed E-state index contributed by atoms with van der Waals surface area (Å²) >= 11 is 4.26. The minimum absolute atomic E-state index is 0.157. The Morgan fingerprint density at radius 2 is 2.27 bits per heavy atom. The Morgan fingerprint density at radius 3 is 2.82 bits per heavy atom. The summed E-state index contributed by atoms with van der Waals surface area (Å²) in [6.45, 7) is 1.98. The second kappa shape index (κ2) is 3.62. The molecule has 60 valence electrons. The molecule has 1 heterocycles. The van der Waals surface area contributed by atoms with Crippen LogP contribution in [0.4, 0.5) is 0 Å². The fourth-order valence-electron chi connectivity index (χ4n) is 0.777. The second-order valence-corrected chi connectivity index (χ2v) is 3.06. The third-order valence-electron chi connectivity index (χ3n) is 1.38. The summed E-state index contributed by atoms with van der Waals surface area (Å²) in [7, 11) is 1.61. The predicted octanol–water partition coefficient (Wildman–Crippen LogP) is 2.08. The van der Waals surface area contributed by atoms with Crippen molar-refractivity contribution in [1.82, 2.24) is 4.98 Å². The van der Waals surface area contributed by atoms with Crippen molar-refractivity contribution < 1.29 is 4.74 Å². The number of thiol groups is 1. The van der Waals surface area contributed by atoms with Crippen LogP contribution in [0.5, 0.6) is 5.88 Å². The van der Waals surface area contributed by atoms with Crippen LogP contribution in [0.25, 0.3) is 0 Å². The smallest absolute Gasteiger partial charge is 0.213 e. The first kappa shape index (κ1) is 8.40. The van der Waals surface area contributed by atoms with E-state index in [2.05, 4.69) is 17.6 Å². The molecule has 1 unspecified atom stereocenters. The van der Waals surface area contributed by atoms with Crippen LogP contribution in [0.15, 0.2) is 18.2 Å². The maximum atomic E-state index is 4.96. The van der Waals surface area contributed by atoms with Gasteiger partial charge in [-0.2, -0.15) is 12.6 Å². The highest BCUT2D eigenvalue weighted by atomic mass is 32.1. The van der Waals surface area contributed by atoms with Gasteiger partial charge in [-0.3, -0.25) is 0 Å². The first-order chi connectivity index (χ1) is 5.24.